The highest BCUT2D eigenvalue weighted by atomic mass is 35.5. The zero-order chi connectivity index (χ0) is 9.76. The Labute approximate surface area is 87.1 Å². The molecule has 1 aromatic carbocycles. The first-order valence-electron chi connectivity index (χ1n) is 4.75. The lowest BCUT2D eigenvalue weighted by Crippen LogP contribution is -2.17. The minimum atomic E-state index is -0.0773. The predicted molar refractivity (Wildman–Crippen MR) is 58.4 cm³/mol. The Hall–Kier alpha value is -0.990. The summed E-state index contributed by atoms with van der Waals surface area (Å²) in [5, 5.41) is 1.96. The molecule has 2 nitrogen and oxygen atoms in total. The molecule has 0 saturated heterocycles. The van der Waals surface area contributed by atoms with E-state index in [1.54, 1.807) is 0 Å². The molecular formula is C11H11ClN2. The summed E-state index contributed by atoms with van der Waals surface area (Å²) in [7, 11) is 0. The number of hydrogen-bond donors (Lipinski definition) is 2. The quantitative estimate of drug-likeness (QED) is 0.740. The third-order valence-electron chi connectivity index (χ3n) is 2.97. The number of rotatable bonds is 1. The van der Waals surface area contributed by atoms with E-state index in [0.29, 0.717) is 0 Å². The van der Waals surface area contributed by atoms with Crippen LogP contribution in [0.2, 0.25) is 5.02 Å². The summed E-state index contributed by atoms with van der Waals surface area (Å²) in [6.45, 7) is 0. The summed E-state index contributed by atoms with van der Waals surface area (Å²) >= 11 is 5.91. The number of hydrogen-bond acceptors (Lipinski definition) is 1. The monoisotopic (exact) mass is 206 g/mol. The van der Waals surface area contributed by atoms with E-state index < -0.39 is 0 Å². The van der Waals surface area contributed by atoms with Crippen molar-refractivity contribution in [3.63, 3.8) is 0 Å². The van der Waals surface area contributed by atoms with Gasteiger partial charge in [-0.3, -0.25) is 0 Å². The van der Waals surface area contributed by atoms with Crippen LogP contribution in [0.3, 0.4) is 0 Å². The Kier molecular flexibility index (Phi) is 1.50. The van der Waals surface area contributed by atoms with Crippen LogP contribution in [-0.4, -0.2) is 4.98 Å². The van der Waals surface area contributed by atoms with Crippen LogP contribution >= 0.6 is 11.6 Å². The molecule has 1 saturated carbocycles. The molecule has 0 amide bonds. The molecule has 0 radical (unpaired) electrons. The highest BCUT2D eigenvalue weighted by Crippen LogP contribution is 2.45. The Morgan fingerprint density at radius 1 is 1.36 bits per heavy atom. The average molecular weight is 207 g/mol. The normalized spacial score (nSPS) is 18.7. The van der Waals surface area contributed by atoms with E-state index in [9.17, 15) is 0 Å². The minimum absolute atomic E-state index is 0.0773. The summed E-state index contributed by atoms with van der Waals surface area (Å²) in [6.07, 6.45) is 4.18. The fraction of sp³-hybridized carbons (Fsp3) is 0.273. The van der Waals surface area contributed by atoms with Crippen molar-refractivity contribution in [3.05, 3.63) is 35.0 Å². The smallest absolute Gasteiger partial charge is 0.0472 e. The molecule has 0 aliphatic heterocycles. The van der Waals surface area contributed by atoms with Crippen molar-refractivity contribution in [2.75, 3.05) is 0 Å². The zero-order valence-corrected chi connectivity index (χ0v) is 8.43. The van der Waals surface area contributed by atoms with Crippen molar-refractivity contribution < 1.29 is 0 Å². The maximum atomic E-state index is 6.16. The van der Waals surface area contributed by atoms with E-state index in [-0.39, 0.29) is 5.54 Å². The minimum Gasteiger partial charge on any atom is -0.361 e. The van der Waals surface area contributed by atoms with E-state index in [1.165, 1.54) is 10.9 Å². The molecule has 3 N–H and O–H groups in total. The number of aromatic amines is 1. The molecule has 1 aromatic heterocycles. The topological polar surface area (TPSA) is 41.8 Å². The Morgan fingerprint density at radius 2 is 2.14 bits per heavy atom. The van der Waals surface area contributed by atoms with Gasteiger partial charge in [-0.2, -0.15) is 0 Å². The summed E-state index contributed by atoms with van der Waals surface area (Å²) < 4.78 is 0. The predicted octanol–water partition coefficient (Wildman–Crippen LogP) is 2.77. The molecule has 3 heteroatoms. The van der Waals surface area contributed by atoms with E-state index in [2.05, 4.69) is 4.98 Å². The number of halogens is 1. The lowest BCUT2D eigenvalue weighted by atomic mass is 10.1. The molecule has 1 heterocycles. The number of fused-ring (bicyclic) bond motifs is 1. The average Bonchev–Trinajstić information content (AvgIpc) is 2.77. The van der Waals surface area contributed by atoms with E-state index in [1.807, 2.05) is 24.4 Å². The first-order chi connectivity index (χ1) is 6.69. The van der Waals surface area contributed by atoms with Crippen LogP contribution in [0, 0.1) is 0 Å². The highest BCUT2D eigenvalue weighted by molar-refractivity contribution is 6.31. The van der Waals surface area contributed by atoms with E-state index in [4.69, 9.17) is 17.3 Å². The van der Waals surface area contributed by atoms with Crippen molar-refractivity contribution in [3.8, 4) is 0 Å². The summed E-state index contributed by atoms with van der Waals surface area (Å²) in [5.41, 5.74) is 8.39. The van der Waals surface area contributed by atoms with Gasteiger partial charge in [0, 0.05) is 27.7 Å². The molecule has 0 bridgehead atoms. The van der Waals surface area contributed by atoms with E-state index in [0.717, 1.165) is 23.4 Å². The number of aromatic nitrogens is 1. The molecule has 1 aliphatic rings. The van der Waals surface area contributed by atoms with Gasteiger partial charge in [0.25, 0.3) is 0 Å². The maximum Gasteiger partial charge on any atom is 0.0472 e. The lowest BCUT2D eigenvalue weighted by molar-refractivity contribution is 0.747. The Morgan fingerprint density at radius 3 is 2.86 bits per heavy atom. The third kappa shape index (κ3) is 1.08. The van der Waals surface area contributed by atoms with Gasteiger partial charge in [-0.05, 0) is 30.5 Å². The third-order valence-corrected chi connectivity index (χ3v) is 3.20. The second-order valence-corrected chi connectivity index (χ2v) is 4.48. The Balaban J connectivity index is 2.27. The molecule has 0 unspecified atom stereocenters. The van der Waals surface area contributed by atoms with Gasteiger partial charge in [-0.25, -0.2) is 0 Å². The molecule has 3 rings (SSSR count). The lowest BCUT2D eigenvalue weighted by Gasteiger charge is -2.06. The van der Waals surface area contributed by atoms with Crippen LogP contribution in [-0.2, 0) is 5.54 Å². The van der Waals surface area contributed by atoms with Crippen molar-refractivity contribution in [1.82, 2.24) is 4.98 Å². The molecular weight excluding hydrogens is 196 g/mol. The van der Waals surface area contributed by atoms with Crippen LogP contribution < -0.4 is 5.73 Å². The van der Waals surface area contributed by atoms with Gasteiger partial charge in [-0.1, -0.05) is 17.7 Å². The van der Waals surface area contributed by atoms with Crippen LogP contribution in [0.5, 0.6) is 0 Å². The zero-order valence-electron chi connectivity index (χ0n) is 7.68. The van der Waals surface area contributed by atoms with Gasteiger partial charge >= 0.3 is 0 Å². The van der Waals surface area contributed by atoms with Gasteiger partial charge in [0.2, 0.25) is 0 Å². The summed E-state index contributed by atoms with van der Waals surface area (Å²) in [4.78, 5) is 3.21. The van der Waals surface area contributed by atoms with Gasteiger partial charge in [0.1, 0.15) is 0 Å². The Bertz CT molecular complexity index is 497. The molecule has 14 heavy (non-hydrogen) atoms. The number of nitrogens with two attached hydrogens (primary N) is 1. The highest BCUT2D eigenvalue weighted by Gasteiger charge is 2.41. The van der Waals surface area contributed by atoms with Crippen molar-refractivity contribution in [2.24, 2.45) is 5.73 Å². The molecule has 0 atom stereocenters. The maximum absolute atomic E-state index is 6.16. The summed E-state index contributed by atoms with van der Waals surface area (Å²) in [6, 6.07) is 5.88. The van der Waals surface area contributed by atoms with Crippen molar-refractivity contribution in [2.45, 2.75) is 18.4 Å². The fourth-order valence-corrected chi connectivity index (χ4v) is 2.09. The number of nitrogens with one attached hydrogen (secondary N) is 1. The first kappa shape index (κ1) is 8.33. The van der Waals surface area contributed by atoms with Crippen LogP contribution in [0.15, 0.2) is 24.4 Å². The van der Waals surface area contributed by atoms with Gasteiger partial charge in [0.05, 0.1) is 0 Å². The van der Waals surface area contributed by atoms with Gasteiger partial charge in [0.15, 0.2) is 0 Å². The molecule has 2 aromatic rings. The fourth-order valence-electron chi connectivity index (χ4n) is 1.91. The molecule has 0 spiro atoms. The second-order valence-electron chi connectivity index (χ2n) is 4.05. The number of benzene rings is 1. The van der Waals surface area contributed by atoms with Crippen molar-refractivity contribution >= 4 is 22.5 Å². The number of H-pyrrole nitrogens is 1. The SMILES string of the molecule is NC1(c2c[nH]c3cc(Cl)ccc23)CC1. The largest absolute Gasteiger partial charge is 0.361 e. The molecule has 1 fully saturated rings. The van der Waals surface area contributed by atoms with Crippen LogP contribution in [0.25, 0.3) is 10.9 Å². The van der Waals surface area contributed by atoms with E-state index >= 15 is 0 Å². The molecule has 72 valence electrons. The van der Waals surface area contributed by atoms with Gasteiger partial charge < -0.3 is 10.7 Å². The van der Waals surface area contributed by atoms with Crippen LogP contribution in [0.4, 0.5) is 0 Å². The summed E-state index contributed by atoms with van der Waals surface area (Å²) in [5.74, 6) is 0. The van der Waals surface area contributed by atoms with Crippen molar-refractivity contribution in [1.29, 1.82) is 0 Å². The van der Waals surface area contributed by atoms with Crippen LogP contribution in [0.1, 0.15) is 18.4 Å². The molecule has 1 aliphatic carbocycles. The second kappa shape index (κ2) is 2.53. The first-order valence-corrected chi connectivity index (χ1v) is 5.13. The van der Waals surface area contributed by atoms with Gasteiger partial charge in [-0.15, -0.1) is 0 Å². The standard InChI is InChI=1S/C11H11ClN2/c12-7-1-2-8-9(11(13)3-4-11)6-14-10(8)5-7/h1-2,5-6,14H,3-4,13H2.